The summed E-state index contributed by atoms with van der Waals surface area (Å²) in [6.07, 6.45) is 2.24. The number of aromatic nitrogens is 3. The number of nitrogens with zero attached hydrogens (tertiary/aromatic N) is 3. The van der Waals surface area contributed by atoms with Crippen LogP contribution in [-0.4, -0.2) is 35.3 Å². The smallest absolute Gasteiger partial charge is 0.192 e. The van der Waals surface area contributed by atoms with Crippen LogP contribution in [0.25, 0.3) is 5.65 Å². The molecular formula is C16H19ClFN5O2S. The maximum absolute atomic E-state index is 13.5. The molecule has 140 valence electrons. The Labute approximate surface area is 155 Å². The van der Waals surface area contributed by atoms with E-state index in [1.807, 2.05) is 6.92 Å². The van der Waals surface area contributed by atoms with Gasteiger partial charge in [-0.1, -0.05) is 17.7 Å². The van der Waals surface area contributed by atoms with Crippen LogP contribution in [0.5, 0.6) is 0 Å². The molecule has 1 atom stereocenters. The average molecular weight is 400 g/mol. The summed E-state index contributed by atoms with van der Waals surface area (Å²) in [6.45, 7) is 3.85. The van der Waals surface area contributed by atoms with Gasteiger partial charge in [0.25, 0.3) is 0 Å². The van der Waals surface area contributed by atoms with E-state index in [1.54, 1.807) is 14.0 Å². The predicted octanol–water partition coefficient (Wildman–Crippen LogP) is 2.37. The summed E-state index contributed by atoms with van der Waals surface area (Å²) >= 11 is 5.83. The van der Waals surface area contributed by atoms with Crippen LogP contribution in [0.3, 0.4) is 0 Å². The van der Waals surface area contributed by atoms with Gasteiger partial charge in [-0.25, -0.2) is 22.3 Å². The van der Waals surface area contributed by atoms with Crippen molar-refractivity contribution < 1.29 is 12.8 Å². The maximum atomic E-state index is 13.5. The van der Waals surface area contributed by atoms with Crippen molar-refractivity contribution in [1.29, 1.82) is 0 Å². The molecule has 10 heteroatoms. The van der Waals surface area contributed by atoms with Crippen LogP contribution in [0.4, 0.5) is 10.2 Å². The van der Waals surface area contributed by atoms with Gasteiger partial charge in [0.15, 0.2) is 26.2 Å². The SMILES string of the molecule is CNc1nn2c(C)c(CN)c(C)nc2c1S(=O)(=O)C1C=CC(F)=C(Cl)C1. The lowest BCUT2D eigenvalue weighted by molar-refractivity contribution is 0.585. The molecule has 0 amide bonds. The first-order valence-corrected chi connectivity index (χ1v) is 9.87. The highest BCUT2D eigenvalue weighted by molar-refractivity contribution is 7.92. The minimum Gasteiger partial charge on any atom is -0.371 e. The molecule has 0 aliphatic heterocycles. The second kappa shape index (κ2) is 6.64. The van der Waals surface area contributed by atoms with Gasteiger partial charge in [0.2, 0.25) is 0 Å². The first kappa shape index (κ1) is 18.8. The standard InChI is InChI=1S/C16H19ClFN5O2S/c1-8-11(7-19)9(2)23-16(21-8)14(15(20-3)22-23)26(24,25)10-4-5-13(18)12(17)6-10/h4-5,10H,6-7,19H2,1-3H3,(H,20,22). The highest BCUT2D eigenvalue weighted by Crippen LogP contribution is 2.35. The van der Waals surface area contributed by atoms with E-state index in [2.05, 4.69) is 15.4 Å². The molecule has 0 saturated carbocycles. The van der Waals surface area contributed by atoms with Gasteiger partial charge in [-0.3, -0.25) is 0 Å². The summed E-state index contributed by atoms with van der Waals surface area (Å²) in [7, 11) is -2.33. The van der Waals surface area contributed by atoms with Crippen molar-refractivity contribution in [2.75, 3.05) is 12.4 Å². The van der Waals surface area contributed by atoms with Crippen LogP contribution in [-0.2, 0) is 16.4 Å². The fourth-order valence-corrected chi connectivity index (χ4v) is 5.15. The zero-order valence-electron chi connectivity index (χ0n) is 14.5. The molecule has 0 saturated heterocycles. The number of hydrogen-bond acceptors (Lipinski definition) is 6. The summed E-state index contributed by atoms with van der Waals surface area (Å²) in [4.78, 5) is 4.40. The van der Waals surface area contributed by atoms with Gasteiger partial charge in [0, 0.05) is 37.0 Å². The highest BCUT2D eigenvalue weighted by Gasteiger charge is 2.35. The summed E-state index contributed by atoms with van der Waals surface area (Å²) in [5.74, 6) is -0.446. The van der Waals surface area contributed by atoms with E-state index in [0.29, 0.717) is 5.69 Å². The molecule has 3 N–H and O–H groups in total. The van der Waals surface area contributed by atoms with Crippen LogP contribution < -0.4 is 11.1 Å². The number of nitrogens with one attached hydrogen (secondary N) is 1. The topological polar surface area (TPSA) is 102 Å². The second-order valence-corrected chi connectivity index (χ2v) is 8.59. The number of aryl methyl sites for hydroxylation is 2. The maximum Gasteiger partial charge on any atom is 0.192 e. The van der Waals surface area contributed by atoms with Crippen LogP contribution in [0.1, 0.15) is 23.4 Å². The third kappa shape index (κ3) is 2.80. The van der Waals surface area contributed by atoms with Gasteiger partial charge in [-0.15, -0.1) is 5.10 Å². The number of anilines is 1. The van der Waals surface area contributed by atoms with Crippen LogP contribution >= 0.6 is 11.6 Å². The van der Waals surface area contributed by atoms with Gasteiger partial charge < -0.3 is 11.1 Å². The minimum atomic E-state index is -3.91. The number of halogens is 2. The first-order chi connectivity index (χ1) is 12.2. The molecule has 7 nitrogen and oxygen atoms in total. The third-order valence-electron chi connectivity index (χ3n) is 4.50. The Morgan fingerprint density at radius 1 is 1.46 bits per heavy atom. The molecular weight excluding hydrogens is 381 g/mol. The molecule has 2 aromatic heterocycles. The van der Waals surface area contributed by atoms with Crippen molar-refractivity contribution in [2.24, 2.45) is 5.73 Å². The van der Waals surface area contributed by atoms with Crippen molar-refractivity contribution in [2.45, 2.75) is 37.0 Å². The number of allylic oxidation sites excluding steroid dienone is 3. The van der Waals surface area contributed by atoms with Crippen molar-refractivity contribution in [3.05, 3.63) is 40.0 Å². The number of nitrogens with two attached hydrogens (primary N) is 1. The molecule has 2 aromatic rings. The Morgan fingerprint density at radius 3 is 2.73 bits per heavy atom. The largest absolute Gasteiger partial charge is 0.371 e. The predicted molar refractivity (Wildman–Crippen MR) is 98.6 cm³/mol. The van der Waals surface area contributed by atoms with Crippen molar-refractivity contribution >= 4 is 32.9 Å². The fraction of sp³-hybridized carbons (Fsp3) is 0.375. The zero-order valence-corrected chi connectivity index (χ0v) is 16.1. The molecule has 0 bridgehead atoms. The Morgan fingerprint density at radius 2 is 2.15 bits per heavy atom. The van der Waals surface area contributed by atoms with Crippen molar-refractivity contribution in [3.8, 4) is 0 Å². The van der Waals surface area contributed by atoms with E-state index in [4.69, 9.17) is 17.3 Å². The molecule has 2 heterocycles. The Hall–Kier alpha value is -1.97. The molecule has 26 heavy (non-hydrogen) atoms. The number of sulfone groups is 1. The van der Waals surface area contributed by atoms with Gasteiger partial charge in [0.05, 0.1) is 10.3 Å². The molecule has 0 spiro atoms. The Kier molecular flexibility index (Phi) is 4.80. The van der Waals surface area contributed by atoms with Gasteiger partial charge in [-0.05, 0) is 19.9 Å². The van der Waals surface area contributed by atoms with E-state index < -0.39 is 20.9 Å². The van der Waals surface area contributed by atoms with E-state index in [1.165, 1.54) is 10.6 Å². The molecule has 0 fully saturated rings. The fourth-order valence-electron chi connectivity index (χ4n) is 3.05. The van der Waals surface area contributed by atoms with Crippen molar-refractivity contribution in [1.82, 2.24) is 14.6 Å². The van der Waals surface area contributed by atoms with Crippen molar-refractivity contribution in [3.63, 3.8) is 0 Å². The molecule has 1 unspecified atom stereocenters. The third-order valence-corrected chi connectivity index (χ3v) is 6.91. The second-order valence-electron chi connectivity index (χ2n) is 6.03. The summed E-state index contributed by atoms with van der Waals surface area (Å²) in [6, 6.07) is 0. The number of hydrogen-bond donors (Lipinski definition) is 2. The minimum absolute atomic E-state index is 0.0313. The van der Waals surface area contributed by atoms with Gasteiger partial charge >= 0.3 is 0 Å². The molecule has 3 rings (SSSR count). The molecule has 1 aliphatic carbocycles. The molecule has 1 aliphatic rings. The summed E-state index contributed by atoms with van der Waals surface area (Å²) < 4.78 is 41.5. The normalized spacial score (nSPS) is 18.0. The number of fused-ring (bicyclic) bond motifs is 1. The lowest BCUT2D eigenvalue weighted by Crippen LogP contribution is -2.22. The first-order valence-electron chi connectivity index (χ1n) is 7.95. The quantitative estimate of drug-likeness (QED) is 0.818. The van der Waals surface area contributed by atoms with Gasteiger partial charge in [-0.2, -0.15) is 0 Å². The van der Waals surface area contributed by atoms with E-state index in [9.17, 15) is 12.8 Å². The number of rotatable bonds is 4. The van der Waals surface area contributed by atoms with E-state index in [-0.39, 0.29) is 34.4 Å². The lowest BCUT2D eigenvalue weighted by Gasteiger charge is -2.17. The highest BCUT2D eigenvalue weighted by atomic mass is 35.5. The lowest BCUT2D eigenvalue weighted by atomic mass is 10.2. The van der Waals surface area contributed by atoms with Crippen LogP contribution in [0.15, 0.2) is 27.9 Å². The van der Waals surface area contributed by atoms with Gasteiger partial charge in [0.1, 0.15) is 5.83 Å². The van der Waals surface area contributed by atoms with Crippen LogP contribution in [0, 0.1) is 13.8 Å². The monoisotopic (exact) mass is 399 g/mol. The average Bonchev–Trinajstić information content (AvgIpc) is 2.97. The summed E-state index contributed by atoms with van der Waals surface area (Å²) in [5.41, 5.74) is 8.14. The Balaban J connectivity index is 2.26. The molecule has 0 radical (unpaired) electrons. The summed E-state index contributed by atoms with van der Waals surface area (Å²) in [5, 5.41) is 6.04. The van der Waals surface area contributed by atoms with E-state index in [0.717, 1.165) is 17.3 Å². The van der Waals surface area contributed by atoms with Crippen LogP contribution in [0.2, 0.25) is 0 Å². The Bertz CT molecular complexity index is 1060. The van der Waals surface area contributed by atoms with E-state index >= 15 is 0 Å². The zero-order chi connectivity index (χ0) is 19.2. The molecule has 0 aromatic carbocycles.